The number of pyridine rings is 1. The van der Waals surface area contributed by atoms with E-state index in [-0.39, 0.29) is 5.91 Å². The van der Waals surface area contributed by atoms with E-state index in [2.05, 4.69) is 22.0 Å². The van der Waals surface area contributed by atoms with Gasteiger partial charge in [-0.1, -0.05) is 12.1 Å². The van der Waals surface area contributed by atoms with Crippen molar-refractivity contribution in [3.63, 3.8) is 0 Å². The van der Waals surface area contributed by atoms with Gasteiger partial charge in [0.1, 0.15) is 0 Å². The molecule has 2 rings (SSSR count). The predicted octanol–water partition coefficient (Wildman–Crippen LogP) is 2.06. The van der Waals surface area contributed by atoms with E-state index in [1.807, 2.05) is 25.4 Å². The summed E-state index contributed by atoms with van der Waals surface area (Å²) in [5.74, 6) is 0.0289. The third kappa shape index (κ3) is 3.78. The number of hydrogen-bond acceptors (Lipinski definition) is 3. The van der Waals surface area contributed by atoms with Crippen LogP contribution < -0.4 is 5.32 Å². The highest BCUT2D eigenvalue weighted by Crippen LogP contribution is 2.15. The SMILES string of the molecule is C=CCCC(=O)NCc1ccc(-c2cnn(C)c2)nc1. The predicted molar refractivity (Wildman–Crippen MR) is 77.7 cm³/mol. The quantitative estimate of drug-likeness (QED) is 0.817. The van der Waals surface area contributed by atoms with Gasteiger partial charge in [0.05, 0.1) is 11.9 Å². The van der Waals surface area contributed by atoms with Crippen LogP contribution in [-0.4, -0.2) is 20.7 Å². The summed E-state index contributed by atoms with van der Waals surface area (Å²) in [6.07, 6.45) is 8.38. The first-order valence-electron chi connectivity index (χ1n) is 6.50. The van der Waals surface area contributed by atoms with Gasteiger partial charge in [0.15, 0.2) is 0 Å². The van der Waals surface area contributed by atoms with Gasteiger partial charge >= 0.3 is 0 Å². The van der Waals surface area contributed by atoms with Gasteiger partial charge in [-0.2, -0.15) is 5.10 Å². The molecule has 5 heteroatoms. The number of carbonyl (C=O) groups excluding carboxylic acids is 1. The van der Waals surface area contributed by atoms with Crippen LogP contribution in [0, 0.1) is 0 Å². The molecule has 2 heterocycles. The molecule has 0 radical (unpaired) electrons. The molecule has 1 N–H and O–H groups in total. The fraction of sp³-hybridized carbons (Fsp3) is 0.267. The first kappa shape index (κ1) is 14.0. The first-order valence-corrected chi connectivity index (χ1v) is 6.50. The van der Waals surface area contributed by atoms with Crippen molar-refractivity contribution < 1.29 is 4.79 Å². The minimum atomic E-state index is 0.0289. The molecule has 0 saturated heterocycles. The molecule has 0 saturated carbocycles. The Bertz CT molecular complexity index is 586. The molecule has 0 fully saturated rings. The third-order valence-electron chi connectivity index (χ3n) is 2.89. The Balaban J connectivity index is 1.91. The molecular formula is C15H18N4O. The smallest absolute Gasteiger partial charge is 0.220 e. The Labute approximate surface area is 118 Å². The lowest BCUT2D eigenvalue weighted by molar-refractivity contribution is -0.121. The number of nitrogens with one attached hydrogen (secondary N) is 1. The molecule has 20 heavy (non-hydrogen) atoms. The average Bonchev–Trinajstić information content (AvgIpc) is 2.90. The summed E-state index contributed by atoms with van der Waals surface area (Å²) >= 11 is 0. The van der Waals surface area contributed by atoms with Gasteiger partial charge in [-0.05, 0) is 18.1 Å². The number of rotatable bonds is 6. The Kier molecular flexibility index (Phi) is 4.65. The maximum absolute atomic E-state index is 11.5. The highest BCUT2D eigenvalue weighted by Gasteiger charge is 2.03. The van der Waals surface area contributed by atoms with Crippen LogP contribution in [0.25, 0.3) is 11.3 Å². The largest absolute Gasteiger partial charge is 0.352 e. The molecule has 0 spiro atoms. The Morgan fingerprint density at radius 2 is 2.30 bits per heavy atom. The summed E-state index contributed by atoms with van der Waals surface area (Å²) in [4.78, 5) is 15.9. The van der Waals surface area contributed by atoms with Gasteiger partial charge in [0, 0.05) is 38.0 Å². The van der Waals surface area contributed by atoms with E-state index in [4.69, 9.17) is 0 Å². The van der Waals surface area contributed by atoms with Crippen molar-refractivity contribution in [3.8, 4) is 11.3 Å². The van der Waals surface area contributed by atoms with Crippen molar-refractivity contribution in [2.75, 3.05) is 0 Å². The zero-order valence-corrected chi connectivity index (χ0v) is 11.5. The molecule has 0 atom stereocenters. The minimum absolute atomic E-state index is 0.0289. The second-order valence-corrected chi connectivity index (χ2v) is 4.56. The molecule has 0 aromatic carbocycles. The van der Waals surface area contributed by atoms with Crippen LogP contribution in [0.4, 0.5) is 0 Å². The van der Waals surface area contributed by atoms with Crippen LogP contribution in [0.3, 0.4) is 0 Å². The summed E-state index contributed by atoms with van der Waals surface area (Å²) in [6.45, 7) is 4.09. The van der Waals surface area contributed by atoms with E-state index in [0.717, 1.165) is 16.8 Å². The van der Waals surface area contributed by atoms with E-state index in [9.17, 15) is 4.79 Å². The van der Waals surface area contributed by atoms with Crippen molar-refractivity contribution in [2.24, 2.45) is 7.05 Å². The Morgan fingerprint density at radius 1 is 1.45 bits per heavy atom. The van der Waals surface area contributed by atoms with Crippen molar-refractivity contribution in [1.29, 1.82) is 0 Å². The number of allylic oxidation sites excluding steroid dienone is 1. The number of carbonyl (C=O) groups is 1. The molecule has 0 unspecified atom stereocenters. The summed E-state index contributed by atoms with van der Waals surface area (Å²) in [5, 5.41) is 6.97. The molecule has 0 bridgehead atoms. The lowest BCUT2D eigenvalue weighted by Crippen LogP contribution is -2.22. The van der Waals surface area contributed by atoms with Crippen LogP contribution in [0.2, 0.25) is 0 Å². The van der Waals surface area contributed by atoms with Crippen molar-refractivity contribution >= 4 is 5.91 Å². The van der Waals surface area contributed by atoms with E-state index < -0.39 is 0 Å². The van der Waals surface area contributed by atoms with Gasteiger partial charge in [-0.25, -0.2) is 0 Å². The van der Waals surface area contributed by atoms with Crippen molar-refractivity contribution in [3.05, 3.63) is 48.9 Å². The van der Waals surface area contributed by atoms with Crippen LogP contribution in [0.15, 0.2) is 43.4 Å². The number of amides is 1. The van der Waals surface area contributed by atoms with E-state index >= 15 is 0 Å². The number of aromatic nitrogens is 3. The first-order chi connectivity index (χ1) is 9.69. The molecule has 2 aromatic rings. The fourth-order valence-electron chi connectivity index (χ4n) is 1.78. The molecule has 104 valence electrons. The van der Waals surface area contributed by atoms with Gasteiger partial charge < -0.3 is 5.32 Å². The highest BCUT2D eigenvalue weighted by atomic mass is 16.1. The molecule has 5 nitrogen and oxygen atoms in total. The molecule has 0 aliphatic carbocycles. The Hall–Kier alpha value is -2.43. The standard InChI is InChI=1S/C15H18N4O/c1-3-4-5-15(20)17-9-12-6-7-14(16-8-12)13-10-18-19(2)11-13/h3,6-8,10-11H,1,4-5,9H2,2H3,(H,17,20). The van der Waals surface area contributed by atoms with Crippen molar-refractivity contribution in [1.82, 2.24) is 20.1 Å². The van der Waals surface area contributed by atoms with Crippen LogP contribution in [-0.2, 0) is 18.4 Å². The molecule has 1 amide bonds. The lowest BCUT2D eigenvalue weighted by atomic mass is 10.2. The maximum Gasteiger partial charge on any atom is 0.220 e. The summed E-state index contributed by atoms with van der Waals surface area (Å²) in [7, 11) is 1.87. The van der Waals surface area contributed by atoms with Gasteiger partial charge in [0.25, 0.3) is 0 Å². The van der Waals surface area contributed by atoms with E-state index in [1.54, 1.807) is 23.2 Å². The number of hydrogen-bond donors (Lipinski definition) is 1. The Morgan fingerprint density at radius 3 is 2.90 bits per heavy atom. The summed E-state index contributed by atoms with van der Waals surface area (Å²) < 4.78 is 1.74. The summed E-state index contributed by atoms with van der Waals surface area (Å²) in [6, 6.07) is 3.89. The van der Waals surface area contributed by atoms with Crippen LogP contribution >= 0.6 is 0 Å². The lowest BCUT2D eigenvalue weighted by Gasteiger charge is -2.05. The van der Waals surface area contributed by atoms with Gasteiger partial charge in [-0.3, -0.25) is 14.5 Å². The van der Waals surface area contributed by atoms with Gasteiger partial charge in [0.2, 0.25) is 5.91 Å². The topological polar surface area (TPSA) is 59.8 Å². The zero-order chi connectivity index (χ0) is 14.4. The average molecular weight is 270 g/mol. The fourth-order valence-corrected chi connectivity index (χ4v) is 1.78. The summed E-state index contributed by atoms with van der Waals surface area (Å²) in [5.41, 5.74) is 2.83. The second kappa shape index (κ2) is 6.65. The zero-order valence-electron chi connectivity index (χ0n) is 11.5. The highest BCUT2D eigenvalue weighted by molar-refractivity contribution is 5.75. The third-order valence-corrected chi connectivity index (χ3v) is 2.89. The maximum atomic E-state index is 11.5. The normalized spacial score (nSPS) is 10.2. The van der Waals surface area contributed by atoms with E-state index in [0.29, 0.717) is 19.4 Å². The molecule has 0 aliphatic heterocycles. The minimum Gasteiger partial charge on any atom is -0.352 e. The van der Waals surface area contributed by atoms with E-state index in [1.165, 1.54) is 0 Å². The van der Waals surface area contributed by atoms with Gasteiger partial charge in [-0.15, -0.1) is 6.58 Å². The van der Waals surface area contributed by atoms with Crippen LogP contribution in [0.1, 0.15) is 18.4 Å². The second-order valence-electron chi connectivity index (χ2n) is 4.56. The van der Waals surface area contributed by atoms with Crippen LogP contribution in [0.5, 0.6) is 0 Å². The number of aryl methyl sites for hydroxylation is 1. The monoisotopic (exact) mass is 270 g/mol. The number of nitrogens with zero attached hydrogens (tertiary/aromatic N) is 3. The molecule has 0 aliphatic rings. The molecular weight excluding hydrogens is 252 g/mol. The molecule has 2 aromatic heterocycles. The van der Waals surface area contributed by atoms with Crippen molar-refractivity contribution in [2.45, 2.75) is 19.4 Å².